The van der Waals surface area contributed by atoms with Gasteiger partial charge in [-0.25, -0.2) is 4.79 Å². The molecule has 23 heavy (non-hydrogen) atoms. The molecule has 6 amide bonds. The molecular weight excluding hydrogens is 306 g/mol. The summed E-state index contributed by atoms with van der Waals surface area (Å²) in [4.78, 5) is 59.9. The van der Waals surface area contributed by atoms with Crippen LogP contribution in [0.1, 0.15) is 25.7 Å². The molecule has 0 aliphatic carbocycles. The summed E-state index contributed by atoms with van der Waals surface area (Å²) < 4.78 is 0. The van der Waals surface area contributed by atoms with Gasteiger partial charge in [0.25, 0.3) is 17.7 Å². The Morgan fingerprint density at radius 1 is 0.957 bits per heavy atom. The molecule has 0 atom stereocenters. The highest BCUT2D eigenvalue weighted by molar-refractivity contribution is 6.04. The molecule has 0 bridgehead atoms. The number of likely N-dealkylation sites (tertiary alicyclic amines) is 1. The molecule has 3 N–H and O–H groups in total. The monoisotopic (exact) mass is 325 g/mol. The lowest BCUT2D eigenvalue weighted by Crippen LogP contribution is -2.50. The third kappa shape index (κ3) is 4.66. The maximum atomic E-state index is 11.8. The fraction of sp³-hybridized carbons (Fsp3) is 0.615. The van der Waals surface area contributed by atoms with Crippen LogP contribution >= 0.6 is 0 Å². The molecule has 0 aromatic rings. The van der Waals surface area contributed by atoms with Crippen molar-refractivity contribution in [2.24, 2.45) is 0 Å². The Hall–Kier alpha value is -2.65. The van der Waals surface area contributed by atoms with Gasteiger partial charge in [-0.2, -0.15) is 0 Å². The van der Waals surface area contributed by atoms with E-state index in [1.807, 2.05) is 0 Å². The smallest absolute Gasteiger partial charge is 0.325 e. The molecule has 0 saturated carbocycles. The first-order valence-electron chi connectivity index (χ1n) is 7.41. The molecule has 0 aromatic heterocycles. The maximum absolute atomic E-state index is 11.8. The zero-order chi connectivity index (χ0) is 16.8. The van der Waals surface area contributed by atoms with E-state index in [1.165, 1.54) is 4.90 Å². The first-order chi connectivity index (χ1) is 11.0. The van der Waals surface area contributed by atoms with Crippen LogP contribution in [-0.4, -0.2) is 65.6 Å². The van der Waals surface area contributed by atoms with Crippen molar-refractivity contribution in [1.82, 2.24) is 26.0 Å². The summed E-state index contributed by atoms with van der Waals surface area (Å²) in [6, 6.07) is -0.647. The fourth-order valence-corrected chi connectivity index (χ4v) is 2.36. The zero-order valence-electron chi connectivity index (χ0n) is 12.6. The van der Waals surface area contributed by atoms with Gasteiger partial charge in [-0.15, -0.1) is 0 Å². The normalized spacial score (nSPS) is 18.5. The number of amides is 6. The average Bonchev–Trinajstić information content (AvgIpc) is 2.71. The van der Waals surface area contributed by atoms with Crippen molar-refractivity contribution in [3.05, 3.63) is 0 Å². The molecule has 0 unspecified atom stereocenters. The molecule has 10 heteroatoms. The summed E-state index contributed by atoms with van der Waals surface area (Å²) in [6.45, 7) is -0.242. The minimum atomic E-state index is -0.703. The Kier molecular flexibility index (Phi) is 5.50. The van der Waals surface area contributed by atoms with Crippen LogP contribution < -0.4 is 16.2 Å². The van der Waals surface area contributed by atoms with Crippen LogP contribution in [0.5, 0.6) is 0 Å². The number of carbonyl (C=O) groups excluding carboxylic acids is 5. The summed E-state index contributed by atoms with van der Waals surface area (Å²) in [7, 11) is 0. The largest absolute Gasteiger partial charge is 0.333 e. The number of imide groups is 1. The molecule has 2 fully saturated rings. The Morgan fingerprint density at radius 3 is 2.30 bits per heavy atom. The molecule has 2 aliphatic rings. The Bertz CT molecular complexity index is 519. The molecule has 2 saturated heterocycles. The second-order valence-electron chi connectivity index (χ2n) is 5.36. The number of carbonyl (C=O) groups is 5. The first kappa shape index (κ1) is 16.7. The Morgan fingerprint density at radius 2 is 1.65 bits per heavy atom. The molecule has 0 spiro atoms. The van der Waals surface area contributed by atoms with Gasteiger partial charge in [-0.3, -0.25) is 34.9 Å². The first-order valence-corrected chi connectivity index (χ1v) is 7.41. The number of rotatable bonds is 4. The van der Waals surface area contributed by atoms with E-state index in [0.717, 1.165) is 24.2 Å². The molecule has 0 radical (unpaired) electrons. The molecule has 2 heterocycles. The number of nitrogens with zero attached hydrogens (tertiary/aromatic N) is 2. The quantitative estimate of drug-likeness (QED) is 0.410. The number of urea groups is 1. The summed E-state index contributed by atoms with van der Waals surface area (Å²) in [5, 5.41) is 2.28. The van der Waals surface area contributed by atoms with Gasteiger partial charge in [0, 0.05) is 13.0 Å². The van der Waals surface area contributed by atoms with Crippen molar-refractivity contribution in [3.63, 3.8) is 0 Å². The lowest BCUT2D eigenvalue weighted by Gasteiger charge is -2.20. The number of nitrogens with one attached hydrogen (secondary N) is 3. The number of hydrogen-bond donors (Lipinski definition) is 3. The highest BCUT2D eigenvalue weighted by Gasteiger charge is 2.30. The summed E-state index contributed by atoms with van der Waals surface area (Å²) >= 11 is 0. The van der Waals surface area contributed by atoms with E-state index in [0.29, 0.717) is 13.0 Å². The second-order valence-corrected chi connectivity index (χ2v) is 5.36. The van der Waals surface area contributed by atoms with Gasteiger partial charge in [0.15, 0.2) is 0 Å². The number of hydrazine groups is 1. The lowest BCUT2D eigenvalue weighted by molar-refractivity contribution is -0.137. The molecule has 10 nitrogen and oxygen atoms in total. The molecule has 0 aromatic carbocycles. The third-order valence-electron chi connectivity index (χ3n) is 3.59. The number of hydrogen-bond acceptors (Lipinski definition) is 5. The van der Waals surface area contributed by atoms with Crippen LogP contribution in [0.4, 0.5) is 4.79 Å². The predicted octanol–water partition coefficient (Wildman–Crippen LogP) is -1.91. The van der Waals surface area contributed by atoms with Gasteiger partial charge in [0.05, 0.1) is 6.54 Å². The van der Waals surface area contributed by atoms with Crippen LogP contribution in [0.2, 0.25) is 0 Å². The summed E-state index contributed by atoms with van der Waals surface area (Å²) in [5.74, 6) is -1.83. The van der Waals surface area contributed by atoms with Crippen LogP contribution in [0.3, 0.4) is 0 Å². The van der Waals surface area contributed by atoms with Crippen molar-refractivity contribution < 1.29 is 24.0 Å². The zero-order valence-corrected chi connectivity index (χ0v) is 12.6. The van der Waals surface area contributed by atoms with Crippen molar-refractivity contribution in [2.45, 2.75) is 25.7 Å². The second kappa shape index (κ2) is 7.56. The topological polar surface area (TPSA) is 128 Å². The predicted molar refractivity (Wildman–Crippen MR) is 76.4 cm³/mol. The average molecular weight is 325 g/mol. The van der Waals surface area contributed by atoms with Crippen molar-refractivity contribution in [1.29, 1.82) is 0 Å². The van der Waals surface area contributed by atoms with Gasteiger partial charge in [-0.05, 0) is 12.8 Å². The van der Waals surface area contributed by atoms with Gasteiger partial charge in [-0.1, -0.05) is 6.42 Å². The van der Waals surface area contributed by atoms with Gasteiger partial charge >= 0.3 is 6.03 Å². The van der Waals surface area contributed by atoms with E-state index in [1.54, 1.807) is 0 Å². The van der Waals surface area contributed by atoms with Crippen LogP contribution in [0, 0.1) is 0 Å². The molecule has 2 aliphatic heterocycles. The molecular formula is C13H19N5O5. The van der Waals surface area contributed by atoms with Crippen LogP contribution in [0.15, 0.2) is 0 Å². The minimum absolute atomic E-state index is 0.0803. The van der Waals surface area contributed by atoms with Gasteiger partial charge in [0.1, 0.15) is 13.1 Å². The van der Waals surface area contributed by atoms with E-state index >= 15 is 0 Å². The highest BCUT2D eigenvalue weighted by Crippen LogP contribution is 2.10. The molecule has 2 rings (SSSR count). The summed E-state index contributed by atoms with van der Waals surface area (Å²) in [5.41, 5.74) is 4.29. The van der Waals surface area contributed by atoms with Crippen LogP contribution in [-0.2, 0) is 19.2 Å². The fourth-order valence-electron chi connectivity index (χ4n) is 2.36. The van der Waals surface area contributed by atoms with Gasteiger partial charge < -0.3 is 10.2 Å². The van der Waals surface area contributed by atoms with Gasteiger partial charge in [0.2, 0.25) is 5.91 Å². The Balaban J connectivity index is 1.73. The minimum Gasteiger partial charge on any atom is -0.333 e. The SMILES string of the molecule is O=C(CN1CCCCCC1=O)NNC(=O)CN1C(=O)CNC1=O. The van der Waals surface area contributed by atoms with Crippen molar-refractivity contribution in [2.75, 3.05) is 26.2 Å². The molecule has 126 valence electrons. The van der Waals surface area contributed by atoms with E-state index in [9.17, 15) is 24.0 Å². The Labute approximate surface area is 132 Å². The van der Waals surface area contributed by atoms with Crippen molar-refractivity contribution >= 4 is 29.7 Å². The van der Waals surface area contributed by atoms with E-state index in [4.69, 9.17) is 0 Å². The summed E-state index contributed by atoms with van der Waals surface area (Å²) in [6.07, 6.45) is 3.04. The maximum Gasteiger partial charge on any atom is 0.325 e. The van der Waals surface area contributed by atoms with E-state index < -0.39 is 30.3 Å². The third-order valence-corrected chi connectivity index (χ3v) is 3.59. The van der Waals surface area contributed by atoms with Crippen molar-refractivity contribution in [3.8, 4) is 0 Å². The lowest BCUT2D eigenvalue weighted by atomic mass is 10.2. The van der Waals surface area contributed by atoms with Crippen LogP contribution in [0.25, 0.3) is 0 Å². The van der Waals surface area contributed by atoms with E-state index in [-0.39, 0.29) is 19.0 Å². The standard InChI is InChI=1S/C13H19N5O5/c19-9(7-17-5-3-1-2-4-11(17)21)15-16-10(20)8-18-12(22)6-14-13(18)23/h1-8H2,(H,14,23)(H,15,19)(H,16,20). The van der Waals surface area contributed by atoms with E-state index in [2.05, 4.69) is 16.2 Å². The highest BCUT2D eigenvalue weighted by atomic mass is 16.2.